The summed E-state index contributed by atoms with van der Waals surface area (Å²) in [7, 11) is 0. The Kier molecular flexibility index (Phi) is 5.03. The molecule has 6 heteroatoms. The molecule has 2 N–H and O–H groups in total. The summed E-state index contributed by atoms with van der Waals surface area (Å²) in [6.07, 6.45) is 0. The third-order valence-electron chi connectivity index (χ3n) is 2.60. The first-order valence-corrected chi connectivity index (χ1v) is 7.53. The van der Waals surface area contributed by atoms with Crippen LogP contribution in [0, 0.1) is 6.92 Å². The summed E-state index contributed by atoms with van der Waals surface area (Å²) < 4.78 is 5.71. The Labute approximate surface area is 122 Å². The van der Waals surface area contributed by atoms with Gasteiger partial charge in [0.05, 0.1) is 12.3 Å². The number of rotatable bonds is 6. The quantitative estimate of drug-likeness (QED) is 0.632. The molecule has 0 spiro atoms. The lowest BCUT2D eigenvalue weighted by Gasteiger charge is -2.05. The van der Waals surface area contributed by atoms with Crippen LogP contribution in [-0.2, 0) is 12.3 Å². The molecule has 2 heterocycles. The van der Waals surface area contributed by atoms with E-state index in [2.05, 4.69) is 29.1 Å². The number of nitrogens with zero attached hydrogens (tertiary/aromatic N) is 1. The Morgan fingerprint density at radius 1 is 1.40 bits per heavy atom. The number of furan rings is 1. The molecule has 5 nitrogen and oxygen atoms in total. The van der Waals surface area contributed by atoms with Crippen molar-refractivity contribution in [2.45, 2.75) is 44.3 Å². The van der Waals surface area contributed by atoms with Gasteiger partial charge in [-0.15, -0.1) is 0 Å². The molecule has 0 bridgehead atoms. The average molecular weight is 293 g/mol. The molecule has 0 fully saturated rings. The van der Waals surface area contributed by atoms with Crippen LogP contribution in [0.2, 0.25) is 0 Å². The maximum atomic E-state index is 11.3. The maximum absolute atomic E-state index is 11.3. The SMILES string of the molecule is Cc1cc(=O)[nH]c(SCc2ccc(CNC(C)C)o2)n1. The molecule has 20 heavy (non-hydrogen) atoms. The van der Waals surface area contributed by atoms with E-state index >= 15 is 0 Å². The topological polar surface area (TPSA) is 70.9 Å². The second kappa shape index (κ2) is 6.76. The van der Waals surface area contributed by atoms with Crippen molar-refractivity contribution in [1.29, 1.82) is 0 Å². The van der Waals surface area contributed by atoms with Crippen LogP contribution < -0.4 is 10.9 Å². The van der Waals surface area contributed by atoms with E-state index in [1.165, 1.54) is 17.8 Å². The summed E-state index contributed by atoms with van der Waals surface area (Å²) >= 11 is 1.46. The summed E-state index contributed by atoms with van der Waals surface area (Å²) in [6, 6.07) is 5.84. The van der Waals surface area contributed by atoms with Gasteiger partial charge < -0.3 is 14.7 Å². The average Bonchev–Trinajstić information content (AvgIpc) is 2.81. The molecule has 0 atom stereocenters. The maximum Gasteiger partial charge on any atom is 0.251 e. The Hall–Kier alpha value is -1.53. The van der Waals surface area contributed by atoms with E-state index in [-0.39, 0.29) is 5.56 Å². The molecule has 0 radical (unpaired) electrons. The van der Waals surface area contributed by atoms with Crippen LogP contribution >= 0.6 is 11.8 Å². The number of aryl methyl sites for hydroxylation is 1. The van der Waals surface area contributed by atoms with E-state index < -0.39 is 0 Å². The predicted octanol–water partition coefficient (Wildman–Crippen LogP) is 2.46. The zero-order valence-electron chi connectivity index (χ0n) is 11.9. The fourth-order valence-electron chi connectivity index (χ4n) is 1.66. The number of aromatic nitrogens is 2. The molecule has 0 amide bonds. The highest BCUT2D eigenvalue weighted by Gasteiger charge is 2.05. The van der Waals surface area contributed by atoms with E-state index in [0.29, 0.717) is 17.0 Å². The highest BCUT2D eigenvalue weighted by Crippen LogP contribution is 2.20. The van der Waals surface area contributed by atoms with Crippen molar-refractivity contribution in [1.82, 2.24) is 15.3 Å². The third kappa shape index (κ3) is 4.54. The van der Waals surface area contributed by atoms with Crippen molar-refractivity contribution in [3.05, 3.63) is 45.8 Å². The third-order valence-corrected chi connectivity index (χ3v) is 3.50. The van der Waals surface area contributed by atoms with Gasteiger partial charge in [-0.1, -0.05) is 25.6 Å². The van der Waals surface area contributed by atoms with Crippen LogP contribution in [0.4, 0.5) is 0 Å². The molecule has 0 unspecified atom stereocenters. The number of hydrogen-bond acceptors (Lipinski definition) is 5. The van der Waals surface area contributed by atoms with Gasteiger partial charge in [-0.05, 0) is 19.1 Å². The Morgan fingerprint density at radius 2 is 2.15 bits per heavy atom. The minimum atomic E-state index is -0.124. The zero-order chi connectivity index (χ0) is 14.5. The van der Waals surface area contributed by atoms with E-state index in [0.717, 1.165) is 23.8 Å². The van der Waals surface area contributed by atoms with Crippen LogP contribution in [0.25, 0.3) is 0 Å². The van der Waals surface area contributed by atoms with Crippen molar-refractivity contribution >= 4 is 11.8 Å². The first kappa shape index (κ1) is 14.9. The number of H-pyrrole nitrogens is 1. The molecule has 0 aliphatic heterocycles. The highest BCUT2D eigenvalue weighted by molar-refractivity contribution is 7.98. The minimum absolute atomic E-state index is 0.124. The first-order chi connectivity index (χ1) is 9.52. The van der Waals surface area contributed by atoms with Gasteiger partial charge in [0.1, 0.15) is 11.5 Å². The summed E-state index contributed by atoms with van der Waals surface area (Å²) in [5.41, 5.74) is 0.596. The predicted molar refractivity (Wildman–Crippen MR) is 79.8 cm³/mol. The molecule has 2 aromatic rings. The van der Waals surface area contributed by atoms with E-state index in [1.807, 2.05) is 19.1 Å². The van der Waals surface area contributed by atoms with E-state index in [4.69, 9.17) is 4.42 Å². The van der Waals surface area contributed by atoms with Gasteiger partial charge in [-0.3, -0.25) is 4.79 Å². The van der Waals surface area contributed by atoms with Crippen LogP contribution in [0.1, 0.15) is 31.1 Å². The van der Waals surface area contributed by atoms with Gasteiger partial charge in [-0.2, -0.15) is 0 Å². The van der Waals surface area contributed by atoms with Crippen LogP contribution in [0.5, 0.6) is 0 Å². The molecule has 0 aromatic carbocycles. The second-order valence-corrected chi connectivity index (χ2v) is 5.85. The lowest BCUT2D eigenvalue weighted by Crippen LogP contribution is -2.21. The number of nitrogens with one attached hydrogen (secondary N) is 2. The highest BCUT2D eigenvalue weighted by atomic mass is 32.2. The molecule has 2 aromatic heterocycles. The van der Waals surface area contributed by atoms with Crippen molar-refractivity contribution in [2.75, 3.05) is 0 Å². The van der Waals surface area contributed by atoms with Gasteiger partial charge in [0.25, 0.3) is 5.56 Å². The summed E-state index contributed by atoms with van der Waals surface area (Å²) in [5.74, 6) is 2.44. The molecule has 0 saturated carbocycles. The summed E-state index contributed by atoms with van der Waals surface area (Å²) in [4.78, 5) is 18.3. The number of hydrogen-bond donors (Lipinski definition) is 2. The number of aromatic amines is 1. The smallest absolute Gasteiger partial charge is 0.251 e. The molecule has 0 aliphatic carbocycles. The van der Waals surface area contributed by atoms with Gasteiger partial charge in [0.15, 0.2) is 5.16 Å². The van der Waals surface area contributed by atoms with Crippen LogP contribution in [0.15, 0.2) is 32.6 Å². The van der Waals surface area contributed by atoms with E-state index in [1.54, 1.807) is 0 Å². The van der Waals surface area contributed by atoms with Crippen molar-refractivity contribution in [3.8, 4) is 0 Å². The fourth-order valence-corrected chi connectivity index (χ4v) is 2.47. The number of thioether (sulfide) groups is 1. The monoisotopic (exact) mass is 293 g/mol. The van der Waals surface area contributed by atoms with Crippen molar-refractivity contribution in [3.63, 3.8) is 0 Å². The van der Waals surface area contributed by atoms with Crippen molar-refractivity contribution in [2.24, 2.45) is 0 Å². The molecule has 2 rings (SSSR count). The fraction of sp³-hybridized carbons (Fsp3) is 0.429. The van der Waals surface area contributed by atoms with Crippen LogP contribution in [-0.4, -0.2) is 16.0 Å². The second-order valence-electron chi connectivity index (χ2n) is 4.88. The van der Waals surface area contributed by atoms with Gasteiger partial charge in [0, 0.05) is 17.8 Å². The molecule has 108 valence electrons. The lowest BCUT2D eigenvalue weighted by molar-refractivity contribution is 0.445. The van der Waals surface area contributed by atoms with Gasteiger partial charge in [-0.25, -0.2) is 4.98 Å². The lowest BCUT2D eigenvalue weighted by atomic mass is 10.3. The molecule has 0 saturated heterocycles. The largest absolute Gasteiger partial charge is 0.464 e. The van der Waals surface area contributed by atoms with Crippen LogP contribution in [0.3, 0.4) is 0 Å². The Bertz CT molecular complexity index is 619. The summed E-state index contributed by atoms with van der Waals surface area (Å²) in [5, 5.41) is 3.92. The minimum Gasteiger partial charge on any atom is -0.464 e. The molecular formula is C14H19N3O2S. The molecular weight excluding hydrogens is 274 g/mol. The zero-order valence-corrected chi connectivity index (χ0v) is 12.7. The van der Waals surface area contributed by atoms with Gasteiger partial charge >= 0.3 is 0 Å². The first-order valence-electron chi connectivity index (χ1n) is 6.54. The van der Waals surface area contributed by atoms with Crippen molar-refractivity contribution < 1.29 is 4.42 Å². The van der Waals surface area contributed by atoms with Gasteiger partial charge in [0.2, 0.25) is 0 Å². The standard InChI is InChI=1S/C14H19N3O2S/c1-9(2)15-7-11-4-5-12(19-11)8-20-14-16-10(3)6-13(18)17-14/h4-6,9,15H,7-8H2,1-3H3,(H,16,17,18). The molecule has 0 aliphatic rings. The van der Waals surface area contributed by atoms with E-state index in [9.17, 15) is 4.79 Å². The Morgan fingerprint density at radius 3 is 2.85 bits per heavy atom. The summed E-state index contributed by atoms with van der Waals surface area (Å²) in [6.45, 7) is 6.72. The Balaban J connectivity index is 1.92. The normalized spacial score (nSPS) is 11.2.